The number of nitrogens with one attached hydrogen (secondary N) is 1. The highest BCUT2D eigenvalue weighted by Crippen LogP contribution is 2.38. The van der Waals surface area contributed by atoms with Crippen LogP contribution in [0.1, 0.15) is 38.2 Å². The van der Waals surface area contributed by atoms with E-state index in [2.05, 4.69) is 27.0 Å². The predicted molar refractivity (Wildman–Crippen MR) is 127 cm³/mol. The molecule has 2 aliphatic rings. The Bertz CT molecular complexity index is 1020. The second-order valence-corrected chi connectivity index (χ2v) is 8.99. The maximum Gasteiger partial charge on any atom is 0.423 e. The highest BCUT2D eigenvalue weighted by atomic mass is 19.4. The molecular formula is C24H30F3N5O3. The average molecular weight is 494 g/mol. The van der Waals surface area contributed by atoms with E-state index < -0.39 is 22.4 Å². The molecule has 0 radical (unpaired) electrons. The highest BCUT2D eigenvalue weighted by Gasteiger charge is 2.38. The van der Waals surface area contributed by atoms with E-state index in [0.717, 1.165) is 82.1 Å². The van der Waals surface area contributed by atoms with Crippen molar-refractivity contribution in [1.82, 2.24) is 9.88 Å². The van der Waals surface area contributed by atoms with E-state index >= 15 is 0 Å². The molecule has 1 saturated carbocycles. The normalized spacial score (nSPS) is 21.5. The van der Waals surface area contributed by atoms with Gasteiger partial charge in [-0.3, -0.25) is 10.1 Å². The molecule has 0 bridgehead atoms. The molecule has 1 aromatic heterocycles. The fraction of sp³-hybridized carbons (Fsp3) is 0.542. The number of nitro benzene ring substituents is 1. The number of anilines is 2. The summed E-state index contributed by atoms with van der Waals surface area (Å²) in [4.78, 5) is 19.1. The number of nitrogens with zero attached hydrogens (tertiary/aromatic N) is 4. The van der Waals surface area contributed by atoms with Gasteiger partial charge in [-0.1, -0.05) is 6.92 Å². The summed E-state index contributed by atoms with van der Waals surface area (Å²) in [6, 6.07) is 6.85. The molecule has 1 aromatic carbocycles. The first-order valence-electron chi connectivity index (χ1n) is 11.9. The number of alkyl halides is 3. The van der Waals surface area contributed by atoms with Gasteiger partial charge in [0.2, 0.25) is 0 Å². The molecule has 2 fully saturated rings. The van der Waals surface area contributed by atoms with Crippen molar-refractivity contribution in [3.05, 3.63) is 52.2 Å². The van der Waals surface area contributed by atoms with Crippen molar-refractivity contribution in [3.8, 4) is 5.75 Å². The van der Waals surface area contributed by atoms with E-state index in [9.17, 15) is 23.3 Å². The van der Waals surface area contributed by atoms with Crippen molar-refractivity contribution in [1.29, 1.82) is 0 Å². The van der Waals surface area contributed by atoms with Crippen LogP contribution in [0.25, 0.3) is 0 Å². The Balaban J connectivity index is 1.31. The van der Waals surface area contributed by atoms with Crippen LogP contribution >= 0.6 is 0 Å². The Kier molecular flexibility index (Phi) is 7.63. The first kappa shape index (κ1) is 25.0. The summed E-state index contributed by atoms with van der Waals surface area (Å²) in [5, 5.41) is 14.1. The number of piperazine rings is 1. The molecule has 190 valence electrons. The molecule has 4 rings (SSSR count). The zero-order valence-corrected chi connectivity index (χ0v) is 19.6. The molecule has 0 spiro atoms. The van der Waals surface area contributed by atoms with Crippen molar-refractivity contribution in [2.24, 2.45) is 0 Å². The molecule has 1 aliphatic carbocycles. The molecule has 2 aromatic rings. The summed E-state index contributed by atoms with van der Waals surface area (Å²) in [6.07, 6.45) is -0.0643. The van der Waals surface area contributed by atoms with E-state index in [0.29, 0.717) is 0 Å². The molecule has 1 saturated heterocycles. The second-order valence-electron chi connectivity index (χ2n) is 8.99. The van der Waals surface area contributed by atoms with Gasteiger partial charge in [0.05, 0.1) is 11.0 Å². The van der Waals surface area contributed by atoms with Crippen LogP contribution in [0, 0.1) is 10.1 Å². The van der Waals surface area contributed by atoms with Gasteiger partial charge in [0.1, 0.15) is 17.1 Å². The maximum atomic E-state index is 13.2. The van der Waals surface area contributed by atoms with Crippen LogP contribution in [0.5, 0.6) is 5.75 Å². The molecular weight excluding hydrogens is 463 g/mol. The first-order valence-corrected chi connectivity index (χ1v) is 11.9. The molecule has 0 atom stereocenters. The largest absolute Gasteiger partial charge is 0.490 e. The van der Waals surface area contributed by atoms with Crippen LogP contribution in [0.15, 0.2) is 36.5 Å². The van der Waals surface area contributed by atoms with Crippen LogP contribution in [-0.2, 0) is 6.18 Å². The third-order valence-electron chi connectivity index (χ3n) is 6.71. The third kappa shape index (κ3) is 6.33. The number of halogens is 3. The predicted octanol–water partition coefficient (Wildman–Crippen LogP) is 4.95. The summed E-state index contributed by atoms with van der Waals surface area (Å²) < 4.78 is 45.9. The fourth-order valence-corrected chi connectivity index (χ4v) is 4.70. The lowest BCUT2D eigenvalue weighted by molar-refractivity contribution is -0.388. The Morgan fingerprint density at radius 2 is 1.83 bits per heavy atom. The molecule has 8 nitrogen and oxygen atoms in total. The molecule has 2 heterocycles. The van der Waals surface area contributed by atoms with Crippen LogP contribution in [0.3, 0.4) is 0 Å². The molecule has 0 unspecified atom stereocenters. The van der Waals surface area contributed by atoms with Gasteiger partial charge in [-0.05, 0) is 50.4 Å². The standard InChI is InChI=1S/C24H30F3N5O3/c1-2-30-11-13-31(14-12-30)23-16-20(9-10-28-23)35-19-6-3-17(4-7-19)29-18-5-8-22(32(33)34)21(15-18)24(25,26)27/h5,8-10,15-17,19,29H,2-4,6-7,11-14H2,1H3/t17-,19-. The van der Waals surface area contributed by atoms with Crippen molar-refractivity contribution < 1.29 is 22.8 Å². The zero-order valence-electron chi connectivity index (χ0n) is 19.6. The van der Waals surface area contributed by atoms with Crippen molar-refractivity contribution in [3.63, 3.8) is 0 Å². The van der Waals surface area contributed by atoms with Gasteiger partial charge in [0.15, 0.2) is 0 Å². The smallest absolute Gasteiger partial charge is 0.423 e. The molecule has 1 N–H and O–H groups in total. The van der Waals surface area contributed by atoms with Crippen molar-refractivity contribution in [2.45, 2.75) is 50.9 Å². The minimum Gasteiger partial charge on any atom is -0.490 e. The summed E-state index contributed by atoms with van der Waals surface area (Å²) in [5.41, 5.74) is -1.95. The SMILES string of the molecule is CCN1CCN(c2cc(O[C@H]3CC[C@H](Nc4ccc([N+](=O)[O-])c(C(F)(F)F)c4)CC3)ccn2)CC1. The summed E-state index contributed by atoms with van der Waals surface area (Å²) in [7, 11) is 0. The Morgan fingerprint density at radius 1 is 1.11 bits per heavy atom. The molecule has 1 aliphatic heterocycles. The number of likely N-dealkylation sites (N-methyl/N-ethyl adjacent to an activating group) is 1. The van der Waals surface area contributed by atoms with Crippen LogP contribution < -0.4 is 15.0 Å². The molecule has 35 heavy (non-hydrogen) atoms. The molecule has 11 heteroatoms. The fourth-order valence-electron chi connectivity index (χ4n) is 4.70. The summed E-state index contributed by atoms with van der Waals surface area (Å²) in [5.74, 6) is 1.68. The van der Waals surface area contributed by atoms with Crippen molar-refractivity contribution in [2.75, 3.05) is 42.9 Å². The van der Waals surface area contributed by atoms with Crippen molar-refractivity contribution >= 4 is 17.2 Å². The second kappa shape index (κ2) is 10.7. The Morgan fingerprint density at radius 3 is 2.46 bits per heavy atom. The Hall–Kier alpha value is -3.08. The lowest BCUT2D eigenvalue weighted by atomic mass is 9.92. The minimum atomic E-state index is -4.79. The van der Waals surface area contributed by atoms with E-state index in [-0.39, 0.29) is 17.8 Å². The van der Waals surface area contributed by atoms with E-state index in [1.165, 1.54) is 6.07 Å². The quantitative estimate of drug-likeness (QED) is 0.432. The first-order chi connectivity index (χ1) is 16.7. The summed E-state index contributed by atoms with van der Waals surface area (Å²) in [6.45, 7) is 7.10. The van der Waals surface area contributed by atoms with E-state index in [4.69, 9.17) is 4.74 Å². The maximum absolute atomic E-state index is 13.2. The number of nitro groups is 1. The topological polar surface area (TPSA) is 83.8 Å². The van der Waals surface area contributed by atoms with Gasteiger partial charge < -0.3 is 19.9 Å². The monoisotopic (exact) mass is 493 g/mol. The van der Waals surface area contributed by atoms with E-state index in [1.54, 1.807) is 6.20 Å². The van der Waals surface area contributed by atoms with Gasteiger partial charge in [0, 0.05) is 56.2 Å². The number of ether oxygens (including phenoxy) is 1. The van der Waals surface area contributed by atoms with Gasteiger partial charge in [-0.2, -0.15) is 13.2 Å². The number of aromatic nitrogens is 1. The van der Waals surface area contributed by atoms with E-state index in [1.807, 2.05) is 12.1 Å². The van der Waals surface area contributed by atoms with Gasteiger partial charge in [0.25, 0.3) is 5.69 Å². The number of hydrogen-bond acceptors (Lipinski definition) is 7. The lowest BCUT2D eigenvalue weighted by Crippen LogP contribution is -2.46. The highest BCUT2D eigenvalue weighted by molar-refractivity contribution is 5.55. The average Bonchev–Trinajstić information content (AvgIpc) is 2.85. The van der Waals surface area contributed by atoms with Crippen LogP contribution in [-0.4, -0.2) is 59.7 Å². The van der Waals surface area contributed by atoms with Crippen LogP contribution in [0.2, 0.25) is 0 Å². The van der Waals surface area contributed by atoms with Gasteiger partial charge >= 0.3 is 6.18 Å². The zero-order chi connectivity index (χ0) is 25.0. The summed E-state index contributed by atoms with van der Waals surface area (Å²) >= 11 is 0. The van der Waals surface area contributed by atoms with Gasteiger partial charge in [-0.25, -0.2) is 4.98 Å². The van der Waals surface area contributed by atoms with Crippen LogP contribution in [0.4, 0.5) is 30.4 Å². The van der Waals surface area contributed by atoms with Gasteiger partial charge in [-0.15, -0.1) is 0 Å². The Labute approximate surface area is 202 Å². The lowest BCUT2D eigenvalue weighted by Gasteiger charge is -2.35. The third-order valence-corrected chi connectivity index (χ3v) is 6.71. The number of hydrogen-bond donors (Lipinski definition) is 1. The number of benzene rings is 1. The molecule has 0 amide bonds. The number of rotatable bonds is 7. The number of pyridine rings is 1. The minimum absolute atomic E-state index is 0.0165.